The molecule has 2 aromatic heterocycles. The highest BCUT2D eigenvalue weighted by atomic mass is 19.1. The summed E-state index contributed by atoms with van der Waals surface area (Å²) in [6, 6.07) is 15.7. The SMILES string of the molecule is CC(=O)CCc1cccc(C2(c3cnc(-c4cc(Oc5c(F)cc6[nH]ccc6c5C)ccc4F)[nH]3)CCC(C)(C)CO2)c1. The fraction of sp³-hybridized carbons (Fsp3) is 0.314. The zero-order valence-corrected chi connectivity index (χ0v) is 24.8. The molecule has 222 valence electrons. The zero-order chi connectivity index (χ0) is 30.4. The van der Waals surface area contributed by atoms with Crippen molar-refractivity contribution in [2.45, 2.75) is 59.0 Å². The number of nitrogens with one attached hydrogen (secondary N) is 2. The molecule has 0 bridgehead atoms. The molecule has 3 heterocycles. The number of aromatic nitrogens is 3. The van der Waals surface area contributed by atoms with Crippen LogP contribution in [0.5, 0.6) is 11.5 Å². The monoisotopic (exact) mass is 583 g/mol. The smallest absolute Gasteiger partial charge is 0.168 e. The lowest BCUT2D eigenvalue weighted by atomic mass is 9.76. The second kappa shape index (κ2) is 11.1. The van der Waals surface area contributed by atoms with Crippen molar-refractivity contribution in [3.63, 3.8) is 0 Å². The molecule has 5 aromatic rings. The van der Waals surface area contributed by atoms with Gasteiger partial charge in [-0.1, -0.05) is 38.1 Å². The second-order valence-corrected chi connectivity index (χ2v) is 12.3. The van der Waals surface area contributed by atoms with Crippen molar-refractivity contribution in [3.05, 3.63) is 101 Å². The van der Waals surface area contributed by atoms with Gasteiger partial charge in [0, 0.05) is 35.2 Å². The molecule has 6 rings (SSSR count). The fourth-order valence-corrected chi connectivity index (χ4v) is 5.85. The third kappa shape index (κ3) is 5.59. The molecule has 1 saturated heterocycles. The number of carbonyl (C=O) groups excluding carboxylic acids is 1. The van der Waals surface area contributed by atoms with Gasteiger partial charge in [-0.2, -0.15) is 0 Å². The number of Topliss-reactive ketones (excluding diaryl/α,β-unsaturated/α-hetero) is 1. The minimum absolute atomic E-state index is 0.00713. The molecule has 3 aromatic carbocycles. The maximum Gasteiger partial charge on any atom is 0.168 e. The predicted octanol–water partition coefficient (Wildman–Crippen LogP) is 8.54. The van der Waals surface area contributed by atoms with E-state index in [9.17, 15) is 9.18 Å². The first kappa shape index (κ1) is 28.8. The highest BCUT2D eigenvalue weighted by Crippen LogP contribution is 2.46. The summed E-state index contributed by atoms with van der Waals surface area (Å²) in [6.45, 7) is 8.28. The van der Waals surface area contributed by atoms with Crippen LogP contribution in [0.2, 0.25) is 0 Å². The third-order valence-electron chi connectivity index (χ3n) is 8.46. The van der Waals surface area contributed by atoms with E-state index in [1.807, 2.05) is 24.3 Å². The van der Waals surface area contributed by atoms with E-state index < -0.39 is 17.2 Å². The summed E-state index contributed by atoms with van der Waals surface area (Å²) in [7, 11) is 0. The minimum Gasteiger partial charge on any atom is -0.454 e. The lowest BCUT2D eigenvalue weighted by Crippen LogP contribution is -2.41. The number of hydrogen-bond acceptors (Lipinski definition) is 4. The largest absolute Gasteiger partial charge is 0.454 e. The summed E-state index contributed by atoms with van der Waals surface area (Å²) >= 11 is 0. The van der Waals surface area contributed by atoms with E-state index in [-0.39, 0.29) is 28.3 Å². The van der Waals surface area contributed by atoms with Gasteiger partial charge in [0.15, 0.2) is 11.6 Å². The standard InChI is InChI=1S/C35H35F2N3O3/c1-21(41)8-9-23-6-5-7-24(16-23)35(14-13-34(3,4)20-42-35)31-19-39-33(40-31)27-17-25(10-11-28(27)36)43-32-22(2)26-12-15-38-30(26)18-29(32)37/h5-7,10-12,15-19,38H,8-9,13-14,20H2,1-4H3,(H,39,40). The summed E-state index contributed by atoms with van der Waals surface area (Å²) in [6.07, 6.45) is 6.17. The van der Waals surface area contributed by atoms with Crippen molar-refractivity contribution in [2.75, 3.05) is 6.61 Å². The number of fused-ring (bicyclic) bond motifs is 1. The Bertz CT molecular complexity index is 1810. The fourth-order valence-electron chi connectivity index (χ4n) is 5.85. The van der Waals surface area contributed by atoms with E-state index in [0.29, 0.717) is 48.5 Å². The van der Waals surface area contributed by atoms with Gasteiger partial charge in [0.05, 0.1) is 24.1 Å². The normalized spacial score (nSPS) is 18.2. The van der Waals surface area contributed by atoms with Crippen LogP contribution in [0.25, 0.3) is 22.3 Å². The van der Waals surface area contributed by atoms with Gasteiger partial charge >= 0.3 is 0 Å². The van der Waals surface area contributed by atoms with E-state index >= 15 is 4.39 Å². The Kier molecular flexibility index (Phi) is 7.42. The average molecular weight is 584 g/mol. The maximum absolute atomic E-state index is 15.2. The molecule has 1 unspecified atom stereocenters. The molecule has 0 radical (unpaired) electrons. The van der Waals surface area contributed by atoms with E-state index in [0.717, 1.165) is 22.9 Å². The number of ketones is 1. The first-order valence-corrected chi connectivity index (χ1v) is 14.6. The van der Waals surface area contributed by atoms with E-state index in [4.69, 9.17) is 9.47 Å². The van der Waals surface area contributed by atoms with Crippen LogP contribution < -0.4 is 4.74 Å². The van der Waals surface area contributed by atoms with Gasteiger partial charge in [-0.3, -0.25) is 0 Å². The zero-order valence-electron chi connectivity index (χ0n) is 24.8. The van der Waals surface area contributed by atoms with Gasteiger partial charge in [-0.05, 0) is 73.9 Å². The Labute approximate surface area is 249 Å². The third-order valence-corrected chi connectivity index (χ3v) is 8.46. The predicted molar refractivity (Wildman–Crippen MR) is 162 cm³/mol. The molecule has 1 aliphatic heterocycles. The molecular formula is C35H35F2N3O3. The van der Waals surface area contributed by atoms with Crippen molar-refractivity contribution in [3.8, 4) is 22.9 Å². The number of hydrogen-bond donors (Lipinski definition) is 2. The molecule has 0 amide bonds. The van der Waals surface area contributed by atoms with Crippen LogP contribution in [0, 0.1) is 24.0 Å². The number of aryl methyl sites for hydroxylation is 2. The molecule has 6 nitrogen and oxygen atoms in total. The van der Waals surface area contributed by atoms with Crippen molar-refractivity contribution in [1.29, 1.82) is 0 Å². The number of imidazole rings is 1. The molecule has 1 fully saturated rings. The number of benzene rings is 3. The summed E-state index contributed by atoms with van der Waals surface area (Å²) in [5.41, 5.74) is 3.44. The molecule has 0 spiro atoms. The van der Waals surface area contributed by atoms with Crippen LogP contribution in [-0.4, -0.2) is 27.3 Å². The molecule has 1 aliphatic rings. The lowest BCUT2D eigenvalue weighted by Gasteiger charge is -2.43. The number of nitrogens with zero attached hydrogens (tertiary/aromatic N) is 1. The van der Waals surface area contributed by atoms with E-state index in [1.54, 1.807) is 26.2 Å². The first-order chi connectivity index (χ1) is 20.5. The first-order valence-electron chi connectivity index (χ1n) is 14.6. The molecule has 2 N–H and O–H groups in total. The van der Waals surface area contributed by atoms with Crippen LogP contribution in [0.4, 0.5) is 8.78 Å². The number of aromatic amines is 2. The summed E-state index contributed by atoms with van der Waals surface area (Å²) in [5, 5.41) is 0.848. The van der Waals surface area contributed by atoms with Gasteiger partial charge in [-0.15, -0.1) is 0 Å². The van der Waals surface area contributed by atoms with Crippen molar-refractivity contribution in [1.82, 2.24) is 15.0 Å². The number of ether oxygens (including phenoxy) is 2. The Balaban J connectivity index is 1.35. The molecule has 1 atom stereocenters. The van der Waals surface area contributed by atoms with Crippen LogP contribution >= 0.6 is 0 Å². The Morgan fingerprint density at radius 1 is 1.07 bits per heavy atom. The van der Waals surface area contributed by atoms with Crippen LogP contribution in [0.15, 0.2) is 67.0 Å². The molecule has 8 heteroatoms. The summed E-state index contributed by atoms with van der Waals surface area (Å²) < 4.78 is 42.8. The van der Waals surface area contributed by atoms with E-state index in [2.05, 4.69) is 34.9 Å². The van der Waals surface area contributed by atoms with Gasteiger partial charge in [-0.25, -0.2) is 13.8 Å². The number of H-pyrrole nitrogens is 2. The molecule has 0 aliphatic carbocycles. The molecule has 43 heavy (non-hydrogen) atoms. The van der Waals surface area contributed by atoms with Crippen LogP contribution in [0.3, 0.4) is 0 Å². The molecular weight excluding hydrogens is 548 g/mol. The number of halogens is 2. The van der Waals surface area contributed by atoms with Gasteiger partial charge in [0.2, 0.25) is 0 Å². The topological polar surface area (TPSA) is 80.0 Å². The van der Waals surface area contributed by atoms with Crippen molar-refractivity contribution < 1.29 is 23.0 Å². The number of carbonyl (C=O) groups is 1. The maximum atomic E-state index is 15.2. The van der Waals surface area contributed by atoms with Crippen LogP contribution in [-0.2, 0) is 21.6 Å². The Hall–Kier alpha value is -4.30. The minimum atomic E-state index is -0.816. The highest BCUT2D eigenvalue weighted by Gasteiger charge is 2.44. The molecule has 0 saturated carbocycles. The van der Waals surface area contributed by atoms with Crippen LogP contribution in [0.1, 0.15) is 62.4 Å². The highest BCUT2D eigenvalue weighted by molar-refractivity contribution is 5.85. The van der Waals surface area contributed by atoms with E-state index in [1.165, 1.54) is 24.3 Å². The van der Waals surface area contributed by atoms with Crippen molar-refractivity contribution >= 4 is 16.7 Å². The quantitative estimate of drug-likeness (QED) is 0.192. The van der Waals surface area contributed by atoms with Gasteiger partial charge in [0.1, 0.15) is 28.8 Å². The van der Waals surface area contributed by atoms with Gasteiger partial charge < -0.3 is 24.2 Å². The lowest BCUT2D eigenvalue weighted by molar-refractivity contribution is -0.116. The van der Waals surface area contributed by atoms with Crippen molar-refractivity contribution in [2.24, 2.45) is 5.41 Å². The second-order valence-electron chi connectivity index (χ2n) is 12.3. The summed E-state index contributed by atoms with van der Waals surface area (Å²) in [5.74, 6) is -0.163. The van der Waals surface area contributed by atoms with Gasteiger partial charge in [0.25, 0.3) is 0 Å². The average Bonchev–Trinajstić information content (AvgIpc) is 3.66. The Morgan fingerprint density at radius 2 is 1.91 bits per heavy atom. The summed E-state index contributed by atoms with van der Waals surface area (Å²) in [4.78, 5) is 22.6. The Morgan fingerprint density at radius 3 is 2.67 bits per heavy atom. The number of rotatable bonds is 8.